The van der Waals surface area contributed by atoms with Gasteiger partial charge >= 0.3 is 0 Å². The Morgan fingerprint density at radius 1 is 1.20 bits per heavy atom. The summed E-state index contributed by atoms with van der Waals surface area (Å²) in [6.45, 7) is 0. The summed E-state index contributed by atoms with van der Waals surface area (Å²) < 4.78 is 22.0. The molecule has 1 aromatic carbocycles. The van der Waals surface area contributed by atoms with Crippen LogP contribution in [0.15, 0.2) is 41.7 Å². The van der Waals surface area contributed by atoms with E-state index in [1.165, 1.54) is 12.1 Å². The van der Waals surface area contributed by atoms with Crippen LogP contribution in [0.25, 0.3) is 11.3 Å². The molecule has 15 heavy (non-hydrogen) atoms. The molecule has 0 bridgehead atoms. The molecular formula is C9H7ClN2O2S. The monoisotopic (exact) mass is 242 g/mol. The lowest BCUT2D eigenvalue weighted by atomic mass is 10.2. The minimum atomic E-state index is -3.64. The number of imidazole rings is 1. The van der Waals surface area contributed by atoms with Crippen molar-refractivity contribution in [2.75, 3.05) is 0 Å². The lowest BCUT2D eigenvalue weighted by Crippen LogP contribution is -1.89. The number of hydrogen-bond donors (Lipinski definition) is 1. The van der Waals surface area contributed by atoms with Gasteiger partial charge in [-0.25, -0.2) is 13.4 Å². The van der Waals surface area contributed by atoms with Gasteiger partial charge in [-0.1, -0.05) is 12.1 Å². The first-order chi connectivity index (χ1) is 7.07. The molecule has 0 aliphatic carbocycles. The first kappa shape index (κ1) is 10.2. The molecule has 1 heterocycles. The van der Waals surface area contributed by atoms with E-state index < -0.39 is 9.05 Å². The molecule has 0 spiro atoms. The first-order valence-corrected chi connectivity index (χ1v) is 6.42. The molecule has 4 nitrogen and oxygen atoms in total. The molecule has 2 rings (SSSR count). The molecule has 2 aromatic rings. The molecule has 1 N–H and O–H groups in total. The predicted molar refractivity (Wildman–Crippen MR) is 57.1 cm³/mol. The van der Waals surface area contributed by atoms with Crippen molar-refractivity contribution in [3.8, 4) is 11.3 Å². The van der Waals surface area contributed by atoms with Gasteiger partial charge in [0.25, 0.3) is 9.05 Å². The van der Waals surface area contributed by atoms with Crippen LogP contribution in [0, 0.1) is 0 Å². The summed E-state index contributed by atoms with van der Waals surface area (Å²) in [7, 11) is 1.55. The number of nitrogens with one attached hydrogen (secondary N) is 1. The number of halogens is 1. The fourth-order valence-corrected chi connectivity index (χ4v) is 1.98. The lowest BCUT2D eigenvalue weighted by molar-refractivity contribution is 0.609. The van der Waals surface area contributed by atoms with E-state index in [1.807, 2.05) is 0 Å². The van der Waals surface area contributed by atoms with Gasteiger partial charge in [0, 0.05) is 10.7 Å². The Kier molecular flexibility index (Phi) is 2.50. The normalized spacial score (nSPS) is 11.5. The molecule has 0 aliphatic heterocycles. The summed E-state index contributed by atoms with van der Waals surface area (Å²) >= 11 is 0. The van der Waals surface area contributed by atoms with Crippen molar-refractivity contribution in [3.05, 3.63) is 36.8 Å². The lowest BCUT2D eigenvalue weighted by Gasteiger charge is -1.98. The standard InChI is InChI=1S/C9H7ClN2O2S/c10-15(13,14)8-3-1-7(2-4-8)9-5-11-6-12-9/h1-6H,(H,11,12). The minimum absolute atomic E-state index is 0.0902. The van der Waals surface area contributed by atoms with Crippen molar-refractivity contribution in [3.63, 3.8) is 0 Å². The number of aromatic nitrogens is 2. The second-order valence-electron chi connectivity index (χ2n) is 2.93. The van der Waals surface area contributed by atoms with E-state index in [9.17, 15) is 8.42 Å². The average Bonchev–Trinajstić information content (AvgIpc) is 2.69. The highest BCUT2D eigenvalue weighted by Crippen LogP contribution is 2.20. The molecule has 0 radical (unpaired) electrons. The van der Waals surface area contributed by atoms with E-state index in [2.05, 4.69) is 9.97 Å². The Labute approximate surface area is 91.3 Å². The Bertz CT molecular complexity index is 546. The van der Waals surface area contributed by atoms with Crippen LogP contribution < -0.4 is 0 Å². The van der Waals surface area contributed by atoms with Gasteiger partial charge in [-0.3, -0.25) is 0 Å². The Hall–Kier alpha value is -1.33. The zero-order chi connectivity index (χ0) is 10.9. The van der Waals surface area contributed by atoms with Crippen molar-refractivity contribution in [2.45, 2.75) is 4.90 Å². The summed E-state index contributed by atoms with van der Waals surface area (Å²) in [6, 6.07) is 6.25. The van der Waals surface area contributed by atoms with Gasteiger partial charge in [-0.05, 0) is 17.7 Å². The largest absolute Gasteiger partial charge is 0.345 e. The SMILES string of the molecule is O=S(=O)(Cl)c1ccc(-c2cnc[nH]2)cc1. The molecule has 78 valence electrons. The zero-order valence-corrected chi connectivity index (χ0v) is 9.09. The maximum absolute atomic E-state index is 11.0. The predicted octanol–water partition coefficient (Wildman–Crippen LogP) is 2.00. The average molecular weight is 243 g/mol. The third-order valence-electron chi connectivity index (χ3n) is 1.95. The van der Waals surface area contributed by atoms with Crippen molar-refractivity contribution in [2.24, 2.45) is 0 Å². The highest BCUT2D eigenvalue weighted by Gasteiger charge is 2.09. The van der Waals surface area contributed by atoms with Gasteiger partial charge in [0.1, 0.15) is 0 Å². The van der Waals surface area contributed by atoms with Crippen molar-refractivity contribution < 1.29 is 8.42 Å². The number of rotatable bonds is 2. The molecule has 6 heteroatoms. The Balaban J connectivity index is 2.42. The molecule has 0 aliphatic rings. The van der Waals surface area contributed by atoms with Gasteiger partial charge in [0.15, 0.2) is 0 Å². The highest BCUT2D eigenvalue weighted by atomic mass is 35.7. The van der Waals surface area contributed by atoms with E-state index in [0.29, 0.717) is 0 Å². The summed E-state index contributed by atoms with van der Waals surface area (Å²) in [4.78, 5) is 6.88. The number of benzene rings is 1. The molecule has 0 fully saturated rings. The van der Waals surface area contributed by atoms with Crippen molar-refractivity contribution in [1.29, 1.82) is 0 Å². The van der Waals surface area contributed by atoms with Gasteiger partial charge in [-0.15, -0.1) is 0 Å². The van der Waals surface area contributed by atoms with Crippen molar-refractivity contribution in [1.82, 2.24) is 9.97 Å². The number of aromatic amines is 1. The number of hydrogen-bond acceptors (Lipinski definition) is 3. The van der Waals surface area contributed by atoms with Gasteiger partial charge in [0.2, 0.25) is 0 Å². The van der Waals surface area contributed by atoms with Crippen LogP contribution in [0.3, 0.4) is 0 Å². The highest BCUT2D eigenvalue weighted by molar-refractivity contribution is 8.13. The molecule has 0 unspecified atom stereocenters. The fourth-order valence-electron chi connectivity index (χ4n) is 1.21. The molecule has 0 amide bonds. The summed E-state index contributed by atoms with van der Waals surface area (Å²) in [6.07, 6.45) is 3.21. The van der Waals surface area contributed by atoms with E-state index in [0.717, 1.165) is 11.3 Å². The molecule has 0 saturated heterocycles. The Morgan fingerprint density at radius 2 is 1.87 bits per heavy atom. The van der Waals surface area contributed by atoms with E-state index >= 15 is 0 Å². The van der Waals surface area contributed by atoms with E-state index in [1.54, 1.807) is 24.7 Å². The first-order valence-electron chi connectivity index (χ1n) is 4.11. The maximum atomic E-state index is 11.0. The fraction of sp³-hybridized carbons (Fsp3) is 0. The smallest absolute Gasteiger partial charge is 0.261 e. The van der Waals surface area contributed by atoms with Crippen LogP contribution in [-0.4, -0.2) is 18.4 Å². The van der Waals surface area contributed by atoms with E-state index in [4.69, 9.17) is 10.7 Å². The Morgan fingerprint density at radius 3 is 2.33 bits per heavy atom. The van der Waals surface area contributed by atoms with Crippen LogP contribution in [0.1, 0.15) is 0 Å². The second-order valence-corrected chi connectivity index (χ2v) is 5.49. The number of nitrogens with zero attached hydrogens (tertiary/aromatic N) is 1. The number of H-pyrrole nitrogens is 1. The van der Waals surface area contributed by atoms with Crippen LogP contribution in [0.5, 0.6) is 0 Å². The van der Waals surface area contributed by atoms with Crippen LogP contribution >= 0.6 is 10.7 Å². The maximum Gasteiger partial charge on any atom is 0.261 e. The summed E-state index contributed by atoms with van der Waals surface area (Å²) in [5, 5.41) is 0. The molecule has 1 aromatic heterocycles. The van der Waals surface area contributed by atoms with E-state index in [-0.39, 0.29) is 4.90 Å². The van der Waals surface area contributed by atoms with Crippen molar-refractivity contribution >= 4 is 19.7 Å². The molecule has 0 saturated carbocycles. The van der Waals surface area contributed by atoms with Crippen LogP contribution in [-0.2, 0) is 9.05 Å². The minimum Gasteiger partial charge on any atom is -0.345 e. The molecule has 0 atom stereocenters. The molecular weight excluding hydrogens is 236 g/mol. The van der Waals surface area contributed by atoms with Gasteiger partial charge in [0.05, 0.1) is 23.1 Å². The third kappa shape index (κ3) is 2.19. The quantitative estimate of drug-likeness (QED) is 0.820. The van der Waals surface area contributed by atoms with Crippen LogP contribution in [0.2, 0.25) is 0 Å². The van der Waals surface area contributed by atoms with Gasteiger partial charge < -0.3 is 4.98 Å². The summed E-state index contributed by atoms with van der Waals surface area (Å²) in [5.41, 5.74) is 1.69. The van der Waals surface area contributed by atoms with Crippen LogP contribution in [0.4, 0.5) is 0 Å². The second kappa shape index (κ2) is 3.67. The van der Waals surface area contributed by atoms with Gasteiger partial charge in [-0.2, -0.15) is 0 Å². The zero-order valence-electron chi connectivity index (χ0n) is 7.51. The summed E-state index contributed by atoms with van der Waals surface area (Å²) in [5.74, 6) is 0. The third-order valence-corrected chi connectivity index (χ3v) is 3.31. The topological polar surface area (TPSA) is 62.8 Å².